The number of aliphatic imine (C=N–C) groups is 1. The zero-order valence-electron chi connectivity index (χ0n) is 16.8. The highest BCUT2D eigenvalue weighted by Gasteiger charge is 2.23. The van der Waals surface area contributed by atoms with Crippen molar-refractivity contribution in [2.45, 2.75) is 64.1 Å². The van der Waals surface area contributed by atoms with E-state index in [0.717, 1.165) is 19.4 Å². The second-order valence-electron chi connectivity index (χ2n) is 7.83. The van der Waals surface area contributed by atoms with Gasteiger partial charge in [-0.05, 0) is 32.1 Å². The molecule has 2 fully saturated rings. The maximum absolute atomic E-state index is 11.9. The first-order valence-corrected chi connectivity index (χ1v) is 9.92. The van der Waals surface area contributed by atoms with Gasteiger partial charge in [0, 0.05) is 32.8 Å². The number of nitrogens with zero attached hydrogens (tertiary/aromatic N) is 2. The second kappa shape index (κ2) is 10.7. The number of carbonyl (C=O) groups is 1. The first-order chi connectivity index (χ1) is 12.5. The lowest BCUT2D eigenvalue weighted by Gasteiger charge is -2.31. The average molecular weight is 369 g/mol. The molecule has 1 aliphatic carbocycles. The minimum atomic E-state index is -0.00481. The van der Waals surface area contributed by atoms with Gasteiger partial charge < -0.3 is 25.0 Å². The Morgan fingerprint density at radius 3 is 2.73 bits per heavy atom. The van der Waals surface area contributed by atoms with Crippen LogP contribution >= 0.6 is 0 Å². The number of nitrogens with one attached hydrogen (secondary N) is 2. The Morgan fingerprint density at radius 2 is 2.08 bits per heavy atom. The third-order valence-electron chi connectivity index (χ3n) is 5.16. The maximum Gasteiger partial charge on any atom is 0.243 e. The molecule has 0 aromatic carbocycles. The molecule has 1 saturated carbocycles. The molecule has 2 rings (SSSR count). The van der Waals surface area contributed by atoms with Gasteiger partial charge in [-0.25, -0.2) is 4.99 Å². The van der Waals surface area contributed by atoms with E-state index in [-0.39, 0.29) is 24.6 Å². The fraction of sp³-hybridized carbons (Fsp3) is 0.895. The molecule has 0 spiro atoms. The fourth-order valence-electron chi connectivity index (χ4n) is 3.33. The van der Waals surface area contributed by atoms with Crippen LogP contribution in [-0.2, 0) is 14.3 Å². The molecule has 0 radical (unpaired) electrons. The van der Waals surface area contributed by atoms with Crippen molar-refractivity contribution in [3.8, 4) is 0 Å². The van der Waals surface area contributed by atoms with Gasteiger partial charge in [0.2, 0.25) is 5.91 Å². The number of amides is 1. The number of ether oxygens (including phenoxy) is 2. The van der Waals surface area contributed by atoms with Gasteiger partial charge in [0.25, 0.3) is 0 Å². The lowest BCUT2D eigenvalue weighted by molar-refractivity contribution is -0.127. The Morgan fingerprint density at radius 1 is 1.31 bits per heavy atom. The summed E-state index contributed by atoms with van der Waals surface area (Å²) in [5.41, 5.74) is 0. The highest BCUT2D eigenvalue weighted by molar-refractivity contribution is 5.85. The molecule has 1 amide bonds. The Labute approximate surface area is 157 Å². The summed E-state index contributed by atoms with van der Waals surface area (Å²) in [6.07, 6.45) is 6.08. The van der Waals surface area contributed by atoms with Crippen LogP contribution in [0.4, 0.5) is 0 Å². The summed E-state index contributed by atoms with van der Waals surface area (Å²) < 4.78 is 11.2. The summed E-state index contributed by atoms with van der Waals surface area (Å²) in [5, 5.41) is 6.95. The molecule has 7 nitrogen and oxygen atoms in total. The summed E-state index contributed by atoms with van der Waals surface area (Å²) >= 11 is 0. The maximum atomic E-state index is 11.9. The van der Waals surface area contributed by atoms with E-state index < -0.39 is 0 Å². The van der Waals surface area contributed by atoms with Crippen LogP contribution < -0.4 is 10.6 Å². The van der Waals surface area contributed by atoms with E-state index in [1.165, 1.54) is 19.3 Å². The summed E-state index contributed by atoms with van der Waals surface area (Å²) in [4.78, 5) is 18.0. The van der Waals surface area contributed by atoms with Crippen LogP contribution in [0.1, 0.15) is 46.0 Å². The molecule has 26 heavy (non-hydrogen) atoms. The van der Waals surface area contributed by atoms with Crippen molar-refractivity contribution in [3.63, 3.8) is 0 Å². The van der Waals surface area contributed by atoms with E-state index in [9.17, 15) is 4.79 Å². The minimum absolute atomic E-state index is 0.00481. The van der Waals surface area contributed by atoms with Crippen LogP contribution in [0.25, 0.3) is 0 Å². The predicted octanol–water partition coefficient (Wildman–Crippen LogP) is 1.38. The largest absolute Gasteiger partial charge is 0.379 e. The van der Waals surface area contributed by atoms with Crippen LogP contribution in [0.3, 0.4) is 0 Å². The highest BCUT2D eigenvalue weighted by atomic mass is 16.5. The summed E-state index contributed by atoms with van der Waals surface area (Å²) in [5.74, 6) is 1.31. The molecule has 0 aromatic heterocycles. The number of carbonyl (C=O) groups excluding carboxylic acids is 1. The summed E-state index contributed by atoms with van der Waals surface area (Å²) in [6.45, 7) is 6.57. The van der Waals surface area contributed by atoms with E-state index in [4.69, 9.17) is 9.47 Å². The molecule has 4 atom stereocenters. The number of likely N-dealkylation sites (N-methyl/N-ethyl adjacent to an activating group) is 1. The normalized spacial score (nSPS) is 27.8. The van der Waals surface area contributed by atoms with Crippen molar-refractivity contribution in [1.82, 2.24) is 15.5 Å². The van der Waals surface area contributed by atoms with Crippen molar-refractivity contribution >= 4 is 11.9 Å². The molecule has 0 bridgehead atoms. The van der Waals surface area contributed by atoms with Crippen molar-refractivity contribution < 1.29 is 14.3 Å². The Bertz CT molecular complexity index is 464. The minimum Gasteiger partial charge on any atom is -0.379 e. The van der Waals surface area contributed by atoms with Gasteiger partial charge in [-0.2, -0.15) is 0 Å². The average Bonchev–Trinajstić information content (AvgIpc) is 3.13. The lowest BCUT2D eigenvalue weighted by Crippen LogP contribution is -2.51. The molecule has 1 saturated heterocycles. The van der Waals surface area contributed by atoms with Gasteiger partial charge in [0.1, 0.15) is 6.54 Å². The first kappa shape index (κ1) is 21.0. The number of rotatable bonds is 7. The van der Waals surface area contributed by atoms with Crippen molar-refractivity contribution in [2.75, 3.05) is 40.5 Å². The highest BCUT2D eigenvalue weighted by Crippen LogP contribution is 2.23. The molecule has 1 heterocycles. The quantitative estimate of drug-likeness (QED) is 0.525. The van der Waals surface area contributed by atoms with Gasteiger partial charge in [-0.1, -0.05) is 19.8 Å². The number of guanidine groups is 1. The molecule has 0 aromatic rings. The molecule has 1 aliphatic heterocycles. The van der Waals surface area contributed by atoms with E-state index >= 15 is 0 Å². The molecule has 2 aliphatic rings. The molecule has 150 valence electrons. The predicted molar refractivity (Wildman–Crippen MR) is 103 cm³/mol. The van der Waals surface area contributed by atoms with Crippen LogP contribution in [0.2, 0.25) is 0 Å². The van der Waals surface area contributed by atoms with Crippen LogP contribution in [0.15, 0.2) is 4.99 Å². The topological polar surface area (TPSA) is 75.2 Å². The standard InChI is InChI=1S/C19H36N4O3/c1-14-7-5-6-8-17(14)22-19(20-11-18(24)23(3)4)21-15(2)12-26-16-9-10-25-13-16/h14-17H,5-13H2,1-4H3,(H2,20,21,22). The zero-order chi connectivity index (χ0) is 18.9. The SMILES string of the molecule is CC(COC1CCOC1)NC(=NCC(=O)N(C)C)NC1CCCCC1C. The number of hydrogen-bond acceptors (Lipinski definition) is 4. The molecular formula is C19H36N4O3. The van der Waals surface area contributed by atoms with Crippen LogP contribution in [0.5, 0.6) is 0 Å². The van der Waals surface area contributed by atoms with Gasteiger partial charge >= 0.3 is 0 Å². The second-order valence-corrected chi connectivity index (χ2v) is 7.83. The van der Waals surface area contributed by atoms with E-state index in [1.54, 1.807) is 19.0 Å². The smallest absolute Gasteiger partial charge is 0.243 e. The van der Waals surface area contributed by atoms with Crippen molar-refractivity contribution in [3.05, 3.63) is 0 Å². The lowest BCUT2D eigenvalue weighted by atomic mass is 9.86. The van der Waals surface area contributed by atoms with Crippen LogP contribution in [-0.4, -0.2) is 75.4 Å². The van der Waals surface area contributed by atoms with E-state index in [2.05, 4.69) is 29.5 Å². The number of hydrogen-bond donors (Lipinski definition) is 2. The first-order valence-electron chi connectivity index (χ1n) is 9.92. The fourth-order valence-corrected chi connectivity index (χ4v) is 3.33. The Balaban J connectivity index is 1.89. The third-order valence-corrected chi connectivity index (χ3v) is 5.16. The van der Waals surface area contributed by atoms with Gasteiger partial charge in [0.05, 0.1) is 19.3 Å². The van der Waals surface area contributed by atoms with Gasteiger partial charge in [-0.3, -0.25) is 4.79 Å². The van der Waals surface area contributed by atoms with Crippen LogP contribution in [0, 0.1) is 5.92 Å². The summed E-state index contributed by atoms with van der Waals surface area (Å²) in [7, 11) is 3.50. The van der Waals surface area contributed by atoms with Crippen molar-refractivity contribution in [1.29, 1.82) is 0 Å². The van der Waals surface area contributed by atoms with E-state index in [0.29, 0.717) is 31.1 Å². The third kappa shape index (κ3) is 7.11. The molecular weight excluding hydrogens is 332 g/mol. The monoisotopic (exact) mass is 368 g/mol. The Hall–Kier alpha value is -1.34. The van der Waals surface area contributed by atoms with E-state index in [1.807, 2.05) is 0 Å². The summed E-state index contributed by atoms with van der Waals surface area (Å²) in [6, 6.07) is 0.510. The Kier molecular flexibility index (Phi) is 8.65. The zero-order valence-corrected chi connectivity index (χ0v) is 16.8. The molecule has 4 unspecified atom stereocenters. The molecule has 7 heteroatoms. The van der Waals surface area contributed by atoms with Crippen molar-refractivity contribution in [2.24, 2.45) is 10.9 Å². The van der Waals surface area contributed by atoms with Gasteiger partial charge in [-0.15, -0.1) is 0 Å². The van der Waals surface area contributed by atoms with Gasteiger partial charge in [0.15, 0.2) is 5.96 Å². The molecule has 2 N–H and O–H groups in total.